The molecule has 0 saturated heterocycles. The van der Waals surface area contributed by atoms with Crippen LogP contribution < -0.4 is 5.11 Å². The summed E-state index contributed by atoms with van der Waals surface area (Å²) in [5.41, 5.74) is 0. The Bertz CT molecular complexity index is 486. The number of allylic oxidation sites excluding steroid dienone is 8. The molecule has 1 unspecified atom stereocenters. The Morgan fingerprint density at radius 2 is 1.65 bits per heavy atom. The first-order chi connectivity index (χ1) is 12.6. The van der Waals surface area contributed by atoms with Crippen LogP contribution in [0.15, 0.2) is 60.8 Å². The maximum atomic E-state index is 10.2. The first-order valence-electron chi connectivity index (χ1n) is 9.43. The van der Waals surface area contributed by atoms with Gasteiger partial charge in [-0.05, 0) is 44.9 Å². The van der Waals surface area contributed by atoms with Crippen molar-refractivity contribution < 1.29 is 20.1 Å². The van der Waals surface area contributed by atoms with E-state index < -0.39 is 18.2 Å². The predicted octanol–water partition coefficient (Wildman–Crippen LogP) is 3.38. The Balaban J connectivity index is 3.83. The predicted molar refractivity (Wildman–Crippen MR) is 105 cm³/mol. The van der Waals surface area contributed by atoms with Gasteiger partial charge < -0.3 is 20.1 Å². The summed E-state index contributed by atoms with van der Waals surface area (Å²) in [6, 6.07) is 0. The van der Waals surface area contributed by atoms with Gasteiger partial charge in [-0.2, -0.15) is 0 Å². The lowest BCUT2D eigenvalue weighted by Crippen LogP contribution is -2.22. The van der Waals surface area contributed by atoms with Crippen LogP contribution in [-0.4, -0.2) is 28.4 Å². The maximum Gasteiger partial charge on any atom is 0.0986 e. The van der Waals surface area contributed by atoms with E-state index in [4.69, 9.17) is 0 Å². The molecule has 0 heterocycles. The van der Waals surface area contributed by atoms with E-state index in [2.05, 4.69) is 19.1 Å². The van der Waals surface area contributed by atoms with Crippen molar-refractivity contribution in [3.63, 3.8) is 0 Å². The van der Waals surface area contributed by atoms with E-state index in [0.717, 1.165) is 32.1 Å². The summed E-state index contributed by atoms with van der Waals surface area (Å²) in [7, 11) is 0. The second kappa shape index (κ2) is 17.9. The molecule has 4 nitrogen and oxygen atoms in total. The summed E-state index contributed by atoms with van der Waals surface area (Å²) in [5, 5.41) is 29.9. The van der Waals surface area contributed by atoms with E-state index in [1.54, 1.807) is 18.2 Å². The van der Waals surface area contributed by atoms with E-state index in [1.807, 2.05) is 30.4 Å². The van der Waals surface area contributed by atoms with Crippen LogP contribution >= 0.6 is 0 Å². The molecule has 0 amide bonds. The third kappa shape index (κ3) is 16.9. The van der Waals surface area contributed by atoms with Crippen LogP contribution in [0.2, 0.25) is 0 Å². The van der Waals surface area contributed by atoms with Crippen molar-refractivity contribution in [3.8, 4) is 0 Å². The molecule has 0 aromatic heterocycles. The molecule has 0 aliphatic carbocycles. The molecular formula is C22H33O4-. The van der Waals surface area contributed by atoms with Crippen molar-refractivity contribution in [2.24, 2.45) is 0 Å². The van der Waals surface area contributed by atoms with E-state index in [9.17, 15) is 20.1 Å². The normalized spacial score (nSPS) is 15.2. The average Bonchev–Trinajstić information content (AvgIpc) is 2.61. The van der Waals surface area contributed by atoms with Crippen molar-refractivity contribution in [2.45, 2.75) is 70.5 Å². The van der Waals surface area contributed by atoms with Crippen LogP contribution in [-0.2, 0) is 4.79 Å². The highest BCUT2D eigenvalue weighted by Crippen LogP contribution is 2.04. The largest absolute Gasteiger partial charge is 0.550 e. The maximum absolute atomic E-state index is 10.2. The Morgan fingerprint density at radius 1 is 0.923 bits per heavy atom. The number of carboxylic acid groups (broad SMARTS) is 1. The highest BCUT2D eigenvalue weighted by molar-refractivity contribution is 5.64. The minimum atomic E-state index is -0.984. The first-order valence-corrected chi connectivity index (χ1v) is 9.43. The lowest BCUT2D eigenvalue weighted by atomic mass is 10.1. The summed E-state index contributed by atoms with van der Waals surface area (Å²) in [5.74, 6) is -0.984. The molecule has 146 valence electrons. The van der Waals surface area contributed by atoms with Gasteiger partial charge in [0.25, 0.3) is 0 Å². The SMILES string of the molecule is CC/C=C\C/C=C\C[C@H](O)C(O)/C=C/C=C/C=C\CCCCCC(=O)[O-]. The highest BCUT2D eigenvalue weighted by atomic mass is 16.4. The smallest absolute Gasteiger partial charge is 0.0986 e. The van der Waals surface area contributed by atoms with E-state index in [0.29, 0.717) is 12.8 Å². The molecule has 0 fully saturated rings. The van der Waals surface area contributed by atoms with Gasteiger partial charge in [0.15, 0.2) is 0 Å². The van der Waals surface area contributed by atoms with Crippen molar-refractivity contribution >= 4 is 5.97 Å². The fourth-order valence-corrected chi connectivity index (χ4v) is 2.13. The van der Waals surface area contributed by atoms with Gasteiger partial charge in [-0.1, -0.05) is 74.1 Å². The molecule has 0 aromatic rings. The lowest BCUT2D eigenvalue weighted by molar-refractivity contribution is -0.305. The van der Waals surface area contributed by atoms with Gasteiger partial charge >= 0.3 is 0 Å². The van der Waals surface area contributed by atoms with Crippen LogP contribution in [0.3, 0.4) is 0 Å². The topological polar surface area (TPSA) is 80.6 Å². The number of unbranched alkanes of at least 4 members (excludes halogenated alkanes) is 3. The van der Waals surface area contributed by atoms with E-state index in [-0.39, 0.29) is 6.42 Å². The second-order valence-electron chi connectivity index (χ2n) is 6.05. The molecule has 4 heteroatoms. The summed E-state index contributed by atoms with van der Waals surface area (Å²) in [6.45, 7) is 2.08. The fourth-order valence-electron chi connectivity index (χ4n) is 2.13. The molecule has 0 spiro atoms. The zero-order chi connectivity index (χ0) is 19.5. The molecule has 2 atom stereocenters. The van der Waals surface area contributed by atoms with Crippen LogP contribution in [0.1, 0.15) is 58.3 Å². The Kier molecular flexibility index (Phi) is 16.6. The number of hydrogen-bond donors (Lipinski definition) is 2. The van der Waals surface area contributed by atoms with Gasteiger partial charge in [0.1, 0.15) is 0 Å². The minimum Gasteiger partial charge on any atom is -0.550 e. The monoisotopic (exact) mass is 361 g/mol. The van der Waals surface area contributed by atoms with Gasteiger partial charge in [0, 0.05) is 5.97 Å². The number of aliphatic carboxylic acids is 1. The van der Waals surface area contributed by atoms with Gasteiger partial charge in [-0.3, -0.25) is 0 Å². The molecule has 2 N–H and O–H groups in total. The molecular weight excluding hydrogens is 328 g/mol. The summed E-state index contributed by atoms with van der Waals surface area (Å²) in [6.07, 6.45) is 23.1. The van der Waals surface area contributed by atoms with Crippen LogP contribution in [0.25, 0.3) is 0 Å². The number of carbonyl (C=O) groups excluding carboxylic acids is 1. The molecule has 0 saturated carbocycles. The van der Waals surface area contributed by atoms with Gasteiger partial charge in [-0.25, -0.2) is 0 Å². The Hall–Kier alpha value is -1.91. The number of hydrogen-bond acceptors (Lipinski definition) is 4. The minimum absolute atomic E-state index is 0.133. The zero-order valence-electron chi connectivity index (χ0n) is 15.8. The zero-order valence-corrected chi connectivity index (χ0v) is 15.8. The van der Waals surface area contributed by atoms with Gasteiger partial charge in [-0.15, -0.1) is 0 Å². The number of aliphatic hydroxyl groups excluding tert-OH is 2. The first kappa shape index (κ1) is 24.1. The number of carbonyl (C=O) groups is 1. The highest BCUT2D eigenvalue weighted by Gasteiger charge is 2.10. The third-order valence-electron chi connectivity index (χ3n) is 3.64. The molecule has 26 heavy (non-hydrogen) atoms. The van der Waals surface area contributed by atoms with E-state index in [1.165, 1.54) is 0 Å². The lowest BCUT2D eigenvalue weighted by Gasteiger charge is -2.11. The van der Waals surface area contributed by atoms with Crippen LogP contribution in [0.4, 0.5) is 0 Å². The molecule has 0 bridgehead atoms. The number of rotatable bonds is 15. The van der Waals surface area contributed by atoms with Crippen LogP contribution in [0.5, 0.6) is 0 Å². The Labute approximate surface area is 157 Å². The Morgan fingerprint density at radius 3 is 2.38 bits per heavy atom. The summed E-state index contributed by atoms with van der Waals surface area (Å²) in [4.78, 5) is 10.2. The standard InChI is InChI=1S/C22H34O4/c1-2-3-4-5-11-14-17-20(23)21(24)18-15-12-9-7-6-8-10-13-16-19-22(25)26/h3-4,6-7,9,11-12,14-15,18,20-21,23-24H,2,5,8,10,13,16-17,19H2,1H3,(H,25,26)/p-1/b4-3-,7-6-,12-9+,14-11-,18-15+/t20-,21?/m0/s1. The number of carboxylic acids is 1. The third-order valence-corrected chi connectivity index (χ3v) is 3.64. The quantitative estimate of drug-likeness (QED) is 0.266. The van der Waals surface area contributed by atoms with Crippen LogP contribution in [0, 0.1) is 0 Å². The summed E-state index contributed by atoms with van der Waals surface area (Å²) < 4.78 is 0. The number of aliphatic hydroxyl groups is 2. The van der Waals surface area contributed by atoms with Gasteiger partial charge in [0.2, 0.25) is 0 Å². The molecule has 0 radical (unpaired) electrons. The van der Waals surface area contributed by atoms with Crippen molar-refractivity contribution in [1.82, 2.24) is 0 Å². The second-order valence-corrected chi connectivity index (χ2v) is 6.05. The van der Waals surface area contributed by atoms with Crippen molar-refractivity contribution in [3.05, 3.63) is 60.8 Å². The summed E-state index contributed by atoms with van der Waals surface area (Å²) >= 11 is 0. The van der Waals surface area contributed by atoms with Crippen molar-refractivity contribution in [2.75, 3.05) is 0 Å². The van der Waals surface area contributed by atoms with Crippen molar-refractivity contribution in [1.29, 1.82) is 0 Å². The van der Waals surface area contributed by atoms with E-state index >= 15 is 0 Å². The molecule has 0 aliphatic rings. The van der Waals surface area contributed by atoms with Gasteiger partial charge in [0.05, 0.1) is 12.2 Å². The fraction of sp³-hybridized carbons (Fsp3) is 0.500. The average molecular weight is 362 g/mol. The molecule has 0 rings (SSSR count). The molecule has 0 aromatic carbocycles. The molecule has 0 aliphatic heterocycles.